The molecule has 0 aliphatic carbocycles. The van der Waals surface area contributed by atoms with Crippen LogP contribution in [0.4, 0.5) is 0 Å². The summed E-state index contributed by atoms with van der Waals surface area (Å²) in [6, 6.07) is 47.2. The zero-order valence-electron chi connectivity index (χ0n) is 23.0. The molecule has 1 aromatic heterocycles. The Balaban J connectivity index is 1.29. The number of hydrogen-bond acceptors (Lipinski definition) is 2. The fourth-order valence-corrected chi connectivity index (χ4v) is 6.30. The van der Waals surface area contributed by atoms with E-state index < -0.39 is 0 Å². The summed E-state index contributed by atoms with van der Waals surface area (Å²) in [5, 5.41) is 2.28. The maximum atomic E-state index is 6.47. The number of para-hydroxylation sites is 2. The van der Waals surface area contributed by atoms with Crippen LogP contribution in [0, 0.1) is 0 Å². The highest BCUT2D eigenvalue weighted by Crippen LogP contribution is 2.49. The van der Waals surface area contributed by atoms with Crippen molar-refractivity contribution in [1.82, 2.24) is 0 Å². The van der Waals surface area contributed by atoms with E-state index in [2.05, 4.69) is 129 Å². The molecule has 41 heavy (non-hydrogen) atoms. The second-order valence-corrected chi connectivity index (χ2v) is 11.4. The van der Waals surface area contributed by atoms with Crippen LogP contribution in [0.15, 0.2) is 138 Å². The van der Waals surface area contributed by atoms with Gasteiger partial charge in [0.1, 0.15) is 22.7 Å². The monoisotopic (exact) mass is 528 g/mol. The van der Waals surface area contributed by atoms with E-state index in [1.165, 1.54) is 22.3 Å². The third-order valence-corrected chi connectivity index (χ3v) is 8.52. The van der Waals surface area contributed by atoms with Crippen molar-refractivity contribution >= 4 is 21.9 Å². The van der Waals surface area contributed by atoms with Crippen LogP contribution in [-0.2, 0) is 5.41 Å². The van der Waals surface area contributed by atoms with Crippen molar-refractivity contribution in [2.45, 2.75) is 19.3 Å². The Morgan fingerprint density at radius 3 is 1.85 bits per heavy atom. The van der Waals surface area contributed by atoms with E-state index in [9.17, 15) is 0 Å². The lowest BCUT2D eigenvalue weighted by Crippen LogP contribution is -2.24. The highest BCUT2D eigenvalue weighted by molar-refractivity contribution is 6.06. The standard InChI is InChI=1S/C39H28O2/c1-39(2)33-13-7-9-15-36(33)41-38-24-27(17-19-34(38)39)30-21-28(25-10-4-3-5-11-25)20-29(22-30)26-16-18-32-31-12-6-8-14-35(31)40-37(32)23-26/h3-24H,1-2H3. The van der Waals surface area contributed by atoms with Gasteiger partial charge >= 0.3 is 0 Å². The third kappa shape index (κ3) is 3.87. The number of furan rings is 1. The summed E-state index contributed by atoms with van der Waals surface area (Å²) in [5.74, 6) is 1.85. The van der Waals surface area contributed by atoms with Crippen LogP contribution in [0.1, 0.15) is 25.0 Å². The quantitative estimate of drug-likeness (QED) is 0.228. The molecule has 0 bridgehead atoms. The van der Waals surface area contributed by atoms with E-state index in [1.54, 1.807) is 0 Å². The maximum absolute atomic E-state index is 6.47. The van der Waals surface area contributed by atoms with Gasteiger partial charge in [-0.15, -0.1) is 0 Å². The Morgan fingerprint density at radius 2 is 1.02 bits per heavy atom. The van der Waals surface area contributed by atoms with E-state index in [0.717, 1.165) is 55.7 Å². The molecule has 8 rings (SSSR count). The molecule has 2 heterocycles. The summed E-state index contributed by atoms with van der Waals surface area (Å²) in [6.45, 7) is 4.55. The van der Waals surface area contributed by atoms with E-state index in [-0.39, 0.29) is 5.41 Å². The summed E-state index contributed by atoms with van der Waals surface area (Å²) >= 11 is 0. The first-order valence-electron chi connectivity index (χ1n) is 14.1. The largest absolute Gasteiger partial charge is 0.457 e. The number of ether oxygens (including phenoxy) is 1. The van der Waals surface area contributed by atoms with Gasteiger partial charge in [-0.05, 0) is 81.9 Å². The number of benzene rings is 6. The molecule has 1 aliphatic rings. The second kappa shape index (κ2) is 8.97. The topological polar surface area (TPSA) is 22.4 Å². The van der Waals surface area contributed by atoms with Gasteiger partial charge in [-0.3, -0.25) is 0 Å². The molecule has 0 saturated heterocycles. The SMILES string of the molecule is CC1(C)c2ccccc2Oc2cc(-c3cc(-c4ccccc4)cc(-c4ccc5c(c4)oc4ccccc45)c3)ccc21. The molecule has 196 valence electrons. The normalized spacial score (nSPS) is 13.5. The summed E-state index contributed by atoms with van der Waals surface area (Å²) in [5.41, 5.74) is 11.0. The average Bonchev–Trinajstić information content (AvgIpc) is 3.39. The minimum absolute atomic E-state index is 0.137. The predicted octanol–water partition coefficient (Wildman–Crippen LogP) is 11.0. The summed E-state index contributed by atoms with van der Waals surface area (Å²) in [4.78, 5) is 0. The molecular formula is C39H28O2. The maximum Gasteiger partial charge on any atom is 0.136 e. The molecule has 0 amide bonds. The van der Waals surface area contributed by atoms with Gasteiger partial charge in [0.2, 0.25) is 0 Å². The molecule has 1 aliphatic heterocycles. The summed E-state index contributed by atoms with van der Waals surface area (Å²) in [6.07, 6.45) is 0. The Kier molecular flexibility index (Phi) is 5.20. The smallest absolute Gasteiger partial charge is 0.136 e. The van der Waals surface area contributed by atoms with Crippen LogP contribution in [-0.4, -0.2) is 0 Å². The van der Waals surface area contributed by atoms with Gasteiger partial charge in [0.05, 0.1) is 0 Å². The van der Waals surface area contributed by atoms with Gasteiger partial charge in [0.15, 0.2) is 0 Å². The van der Waals surface area contributed by atoms with Crippen LogP contribution in [0.3, 0.4) is 0 Å². The zero-order valence-corrected chi connectivity index (χ0v) is 23.0. The molecule has 7 aromatic rings. The number of fused-ring (bicyclic) bond motifs is 5. The van der Waals surface area contributed by atoms with Crippen LogP contribution < -0.4 is 4.74 Å². The van der Waals surface area contributed by atoms with E-state index >= 15 is 0 Å². The van der Waals surface area contributed by atoms with Crippen molar-refractivity contribution in [3.8, 4) is 44.9 Å². The van der Waals surface area contributed by atoms with Gasteiger partial charge in [0, 0.05) is 27.3 Å². The van der Waals surface area contributed by atoms with Crippen molar-refractivity contribution in [3.05, 3.63) is 145 Å². The molecule has 0 unspecified atom stereocenters. The molecular weight excluding hydrogens is 500 g/mol. The first-order chi connectivity index (χ1) is 20.0. The minimum Gasteiger partial charge on any atom is -0.457 e. The van der Waals surface area contributed by atoms with Gasteiger partial charge in [-0.1, -0.05) is 98.8 Å². The van der Waals surface area contributed by atoms with Crippen LogP contribution in [0.2, 0.25) is 0 Å². The number of rotatable bonds is 3. The first-order valence-corrected chi connectivity index (χ1v) is 14.1. The second-order valence-electron chi connectivity index (χ2n) is 11.4. The van der Waals surface area contributed by atoms with E-state index in [0.29, 0.717) is 0 Å². The molecule has 2 nitrogen and oxygen atoms in total. The summed E-state index contributed by atoms with van der Waals surface area (Å²) in [7, 11) is 0. The van der Waals surface area contributed by atoms with Crippen LogP contribution in [0.5, 0.6) is 11.5 Å². The van der Waals surface area contributed by atoms with E-state index in [1.807, 2.05) is 18.2 Å². The molecule has 0 radical (unpaired) electrons. The Morgan fingerprint density at radius 1 is 0.415 bits per heavy atom. The van der Waals surface area contributed by atoms with Crippen molar-refractivity contribution in [1.29, 1.82) is 0 Å². The van der Waals surface area contributed by atoms with Crippen molar-refractivity contribution < 1.29 is 9.15 Å². The van der Waals surface area contributed by atoms with E-state index in [4.69, 9.17) is 9.15 Å². The van der Waals surface area contributed by atoms with Gasteiger partial charge in [0.25, 0.3) is 0 Å². The first kappa shape index (κ1) is 23.8. The highest BCUT2D eigenvalue weighted by Gasteiger charge is 2.34. The highest BCUT2D eigenvalue weighted by atomic mass is 16.5. The fraction of sp³-hybridized carbons (Fsp3) is 0.0769. The minimum atomic E-state index is -0.137. The molecule has 0 N–H and O–H groups in total. The molecule has 0 saturated carbocycles. The average molecular weight is 529 g/mol. The lowest BCUT2D eigenvalue weighted by atomic mass is 9.75. The molecule has 0 fully saturated rings. The van der Waals surface area contributed by atoms with Crippen molar-refractivity contribution in [2.24, 2.45) is 0 Å². The lowest BCUT2D eigenvalue weighted by molar-refractivity contribution is 0.418. The van der Waals surface area contributed by atoms with Crippen molar-refractivity contribution in [3.63, 3.8) is 0 Å². The number of hydrogen-bond donors (Lipinski definition) is 0. The summed E-state index contributed by atoms with van der Waals surface area (Å²) < 4.78 is 12.7. The third-order valence-electron chi connectivity index (χ3n) is 8.52. The molecule has 2 heteroatoms. The fourth-order valence-electron chi connectivity index (χ4n) is 6.30. The van der Waals surface area contributed by atoms with Crippen LogP contribution in [0.25, 0.3) is 55.3 Å². The molecule has 0 spiro atoms. The van der Waals surface area contributed by atoms with Gasteiger partial charge in [-0.2, -0.15) is 0 Å². The molecule has 6 aromatic carbocycles. The van der Waals surface area contributed by atoms with Gasteiger partial charge in [-0.25, -0.2) is 0 Å². The van der Waals surface area contributed by atoms with Crippen LogP contribution >= 0.6 is 0 Å². The van der Waals surface area contributed by atoms with Crippen molar-refractivity contribution in [2.75, 3.05) is 0 Å². The Bertz CT molecular complexity index is 2100. The Labute approximate surface area is 239 Å². The lowest BCUT2D eigenvalue weighted by Gasteiger charge is -2.34. The Hall–Kier alpha value is -5.08. The zero-order chi connectivity index (χ0) is 27.6. The van der Waals surface area contributed by atoms with Gasteiger partial charge < -0.3 is 9.15 Å². The molecule has 0 atom stereocenters. The predicted molar refractivity (Wildman–Crippen MR) is 169 cm³/mol.